The summed E-state index contributed by atoms with van der Waals surface area (Å²) in [7, 11) is 0. The topological polar surface area (TPSA) is 61.9 Å². The average Bonchev–Trinajstić information content (AvgIpc) is 3.30. The van der Waals surface area contributed by atoms with Gasteiger partial charge in [0.15, 0.2) is 0 Å². The van der Waals surface area contributed by atoms with Crippen LogP contribution in [0.15, 0.2) is 73.1 Å². The third kappa shape index (κ3) is 4.42. The smallest absolute Gasteiger partial charge is 0.254 e. The van der Waals surface area contributed by atoms with Crippen LogP contribution in [0, 0.1) is 9.39 Å². The van der Waals surface area contributed by atoms with Crippen LogP contribution in [0.3, 0.4) is 0 Å². The molecule has 1 fully saturated rings. The van der Waals surface area contributed by atoms with Gasteiger partial charge in [0.25, 0.3) is 5.91 Å². The molecule has 1 saturated heterocycles. The molecule has 2 aromatic heterocycles. The van der Waals surface area contributed by atoms with Gasteiger partial charge in [-0.1, -0.05) is 12.1 Å². The van der Waals surface area contributed by atoms with Crippen molar-refractivity contribution in [2.75, 3.05) is 13.1 Å². The molecule has 0 unspecified atom stereocenters. The van der Waals surface area contributed by atoms with Gasteiger partial charge in [0.2, 0.25) is 0 Å². The molecule has 0 atom stereocenters. The van der Waals surface area contributed by atoms with Gasteiger partial charge in [-0.3, -0.25) is 14.9 Å². The minimum absolute atomic E-state index is 0.0874. The van der Waals surface area contributed by atoms with E-state index in [0.717, 1.165) is 50.1 Å². The number of aromatic amines is 1. The molecule has 0 bridgehead atoms. The highest BCUT2D eigenvalue weighted by atomic mass is 127. The number of aromatic nitrogens is 3. The number of piperidine rings is 1. The zero-order valence-corrected chi connectivity index (χ0v) is 20.0. The van der Waals surface area contributed by atoms with Crippen molar-refractivity contribution in [3.8, 4) is 22.4 Å². The lowest BCUT2D eigenvalue weighted by atomic mass is 9.87. The minimum atomic E-state index is -0.273. The van der Waals surface area contributed by atoms with Gasteiger partial charge in [-0.25, -0.2) is 4.39 Å². The number of carbonyl (C=O) groups is 1. The minimum Gasteiger partial charge on any atom is -0.339 e. The van der Waals surface area contributed by atoms with Crippen molar-refractivity contribution in [1.82, 2.24) is 20.1 Å². The second kappa shape index (κ2) is 9.43. The van der Waals surface area contributed by atoms with E-state index in [9.17, 15) is 9.18 Å². The summed E-state index contributed by atoms with van der Waals surface area (Å²) in [5, 5.41) is 7.90. The molecule has 3 heterocycles. The van der Waals surface area contributed by atoms with Gasteiger partial charge in [0.05, 0.1) is 5.56 Å². The maximum atomic E-state index is 13.5. The number of H-pyrrole nitrogens is 1. The van der Waals surface area contributed by atoms with E-state index in [1.54, 1.807) is 24.5 Å². The third-order valence-corrected chi connectivity index (χ3v) is 7.12. The molecule has 5 nitrogen and oxygen atoms in total. The number of pyridine rings is 1. The molecule has 7 heteroatoms. The summed E-state index contributed by atoms with van der Waals surface area (Å²) in [6, 6.07) is 18.1. The maximum Gasteiger partial charge on any atom is 0.254 e. The molecule has 33 heavy (non-hydrogen) atoms. The number of carbonyl (C=O) groups excluding carboxylic acids is 1. The number of nitrogens with zero attached hydrogens (tertiary/aromatic N) is 3. The Balaban J connectivity index is 1.43. The highest BCUT2D eigenvalue weighted by Crippen LogP contribution is 2.39. The lowest BCUT2D eigenvalue weighted by Crippen LogP contribution is -2.38. The van der Waals surface area contributed by atoms with Gasteiger partial charge in [-0.05, 0) is 89.5 Å². The van der Waals surface area contributed by atoms with Gasteiger partial charge in [0, 0.05) is 51.8 Å². The Hall–Kier alpha value is -3.07. The van der Waals surface area contributed by atoms with Crippen LogP contribution in [0.5, 0.6) is 0 Å². The second-order valence-corrected chi connectivity index (χ2v) is 9.31. The van der Waals surface area contributed by atoms with Crippen LogP contribution in [-0.4, -0.2) is 39.1 Å². The monoisotopic (exact) mass is 552 g/mol. The summed E-state index contributed by atoms with van der Waals surface area (Å²) >= 11 is 2.22. The molecule has 0 aliphatic carbocycles. The van der Waals surface area contributed by atoms with Crippen LogP contribution >= 0.6 is 22.6 Å². The lowest BCUT2D eigenvalue weighted by Gasteiger charge is -2.32. The quantitative estimate of drug-likeness (QED) is 0.321. The first-order chi connectivity index (χ1) is 16.1. The molecule has 0 saturated carbocycles. The number of hydrogen-bond donors (Lipinski definition) is 1. The number of halogens is 2. The van der Waals surface area contributed by atoms with Gasteiger partial charge in [-0.15, -0.1) is 0 Å². The molecular formula is C26H22FIN4O. The van der Waals surface area contributed by atoms with E-state index < -0.39 is 0 Å². The van der Waals surface area contributed by atoms with E-state index in [1.807, 2.05) is 41.3 Å². The van der Waals surface area contributed by atoms with E-state index in [2.05, 4.69) is 37.8 Å². The van der Waals surface area contributed by atoms with E-state index in [4.69, 9.17) is 0 Å². The molecule has 5 rings (SSSR count). The lowest BCUT2D eigenvalue weighted by molar-refractivity contribution is 0.0711. The number of likely N-dealkylation sites (tertiary alicyclic amines) is 1. The molecule has 166 valence electrons. The van der Waals surface area contributed by atoms with Crippen LogP contribution in [-0.2, 0) is 0 Å². The average molecular weight is 552 g/mol. The third-order valence-electron chi connectivity index (χ3n) is 6.18. The number of amides is 1. The summed E-state index contributed by atoms with van der Waals surface area (Å²) in [6.45, 7) is 1.38. The van der Waals surface area contributed by atoms with Crippen molar-refractivity contribution < 1.29 is 9.18 Å². The SMILES string of the molecule is O=C(c1ccccc1I)N1CCC(c2[nH]nc(-c3ccc(F)cc3)c2-c2ccncc2)CC1. The van der Waals surface area contributed by atoms with Gasteiger partial charge in [-0.2, -0.15) is 5.10 Å². The Morgan fingerprint density at radius 3 is 2.36 bits per heavy atom. The predicted molar refractivity (Wildman–Crippen MR) is 134 cm³/mol. The van der Waals surface area contributed by atoms with Gasteiger partial charge in [0.1, 0.15) is 11.5 Å². The molecular weight excluding hydrogens is 530 g/mol. The molecule has 1 aliphatic rings. The highest BCUT2D eigenvalue weighted by Gasteiger charge is 2.29. The molecule has 1 amide bonds. The summed E-state index contributed by atoms with van der Waals surface area (Å²) in [6.07, 6.45) is 5.23. The highest BCUT2D eigenvalue weighted by molar-refractivity contribution is 14.1. The van der Waals surface area contributed by atoms with Crippen molar-refractivity contribution in [1.29, 1.82) is 0 Å². The van der Waals surface area contributed by atoms with Crippen molar-refractivity contribution in [2.45, 2.75) is 18.8 Å². The van der Waals surface area contributed by atoms with Crippen LogP contribution in [0.25, 0.3) is 22.4 Å². The van der Waals surface area contributed by atoms with E-state index >= 15 is 0 Å². The number of benzene rings is 2. The van der Waals surface area contributed by atoms with Gasteiger partial charge >= 0.3 is 0 Å². The van der Waals surface area contributed by atoms with Crippen LogP contribution in [0.4, 0.5) is 4.39 Å². The zero-order chi connectivity index (χ0) is 22.8. The molecule has 1 aliphatic heterocycles. The predicted octanol–water partition coefficient (Wildman–Crippen LogP) is 5.90. The van der Waals surface area contributed by atoms with Crippen molar-refractivity contribution in [3.63, 3.8) is 0 Å². The fourth-order valence-corrected chi connectivity index (χ4v) is 5.07. The molecule has 1 N–H and O–H groups in total. The Morgan fingerprint density at radius 2 is 1.67 bits per heavy atom. The van der Waals surface area contributed by atoms with Crippen molar-refractivity contribution in [2.24, 2.45) is 0 Å². The Bertz CT molecular complexity index is 1270. The summed E-state index contributed by atoms with van der Waals surface area (Å²) in [5.74, 6) is 0.0586. The summed E-state index contributed by atoms with van der Waals surface area (Å²) in [4.78, 5) is 19.1. The number of rotatable bonds is 4. The first-order valence-corrected chi connectivity index (χ1v) is 12.0. The summed E-state index contributed by atoms with van der Waals surface area (Å²) < 4.78 is 14.5. The first-order valence-electron chi connectivity index (χ1n) is 10.9. The number of hydrogen-bond acceptors (Lipinski definition) is 3. The second-order valence-electron chi connectivity index (χ2n) is 8.15. The molecule has 2 aromatic carbocycles. The summed E-state index contributed by atoms with van der Waals surface area (Å²) in [5.41, 5.74) is 5.51. The van der Waals surface area contributed by atoms with Crippen molar-refractivity contribution >= 4 is 28.5 Å². The fraction of sp³-hybridized carbons (Fsp3) is 0.192. The fourth-order valence-electron chi connectivity index (χ4n) is 4.45. The van der Waals surface area contributed by atoms with E-state index in [0.29, 0.717) is 13.1 Å². The molecule has 0 spiro atoms. The largest absolute Gasteiger partial charge is 0.339 e. The van der Waals surface area contributed by atoms with E-state index in [-0.39, 0.29) is 17.6 Å². The Labute approximate surface area is 205 Å². The molecule has 4 aromatic rings. The van der Waals surface area contributed by atoms with Crippen LogP contribution in [0.2, 0.25) is 0 Å². The van der Waals surface area contributed by atoms with Crippen molar-refractivity contribution in [3.05, 3.63) is 93.7 Å². The maximum absolute atomic E-state index is 13.5. The standard InChI is InChI=1S/C26H22FIN4O/c27-20-7-5-18(6-8-20)24-23(17-9-13-29-14-10-17)25(31-30-24)19-11-15-32(16-12-19)26(33)21-3-1-2-4-22(21)28/h1-10,13-14,19H,11-12,15-16H2,(H,30,31). The first kappa shape index (κ1) is 21.8. The van der Waals surface area contributed by atoms with Gasteiger partial charge < -0.3 is 4.90 Å². The van der Waals surface area contributed by atoms with Crippen LogP contribution in [0.1, 0.15) is 34.8 Å². The molecule has 0 radical (unpaired) electrons. The Morgan fingerprint density at radius 1 is 0.970 bits per heavy atom. The van der Waals surface area contributed by atoms with E-state index in [1.165, 1.54) is 12.1 Å². The normalized spacial score (nSPS) is 14.4. The Kier molecular flexibility index (Phi) is 6.22. The van der Waals surface area contributed by atoms with Crippen LogP contribution < -0.4 is 0 Å². The zero-order valence-electron chi connectivity index (χ0n) is 17.8. The number of nitrogens with one attached hydrogen (secondary N) is 1.